The Bertz CT molecular complexity index is 370. The minimum absolute atomic E-state index is 0.0197. The molecule has 2 nitrogen and oxygen atoms in total. The molecule has 1 amide bonds. The van der Waals surface area contributed by atoms with Crippen molar-refractivity contribution in [1.82, 2.24) is 4.90 Å². The third-order valence-electron chi connectivity index (χ3n) is 2.74. The Morgan fingerprint density at radius 2 is 1.81 bits per heavy atom. The van der Waals surface area contributed by atoms with E-state index < -0.39 is 0 Å². The highest BCUT2D eigenvalue weighted by Gasteiger charge is 2.32. The molecule has 2 rings (SSSR count). The van der Waals surface area contributed by atoms with E-state index in [1.807, 2.05) is 44.2 Å². The van der Waals surface area contributed by atoms with Gasteiger partial charge in [0, 0.05) is 19.2 Å². The molecule has 0 saturated carbocycles. The van der Waals surface area contributed by atoms with Crippen molar-refractivity contribution >= 4 is 5.91 Å². The fourth-order valence-corrected chi connectivity index (χ4v) is 1.80. The lowest BCUT2D eigenvalue weighted by molar-refractivity contribution is -0.127. The minimum Gasteiger partial charge on any atom is -0.319 e. The molecule has 1 fully saturated rings. The summed E-state index contributed by atoms with van der Waals surface area (Å²) in [5.41, 5.74) is 1.99. The van der Waals surface area contributed by atoms with Crippen LogP contribution in [-0.2, 0) is 4.79 Å². The van der Waals surface area contributed by atoms with Crippen LogP contribution in [0.3, 0.4) is 0 Å². The van der Waals surface area contributed by atoms with E-state index in [0.717, 1.165) is 17.7 Å². The second-order valence-corrected chi connectivity index (χ2v) is 3.63. The average Bonchev–Trinajstić information content (AvgIpc) is 2.61. The lowest BCUT2D eigenvalue weighted by atomic mass is 9.97. The molecule has 0 spiro atoms. The van der Waals surface area contributed by atoms with Gasteiger partial charge in [0.15, 0.2) is 0 Å². The van der Waals surface area contributed by atoms with Crippen LogP contribution in [0.25, 0.3) is 0 Å². The van der Waals surface area contributed by atoms with Gasteiger partial charge in [-0.25, -0.2) is 0 Å². The van der Waals surface area contributed by atoms with Crippen LogP contribution >= 0.6 is 0 Å². The van der Waals surface area contributed by atoms with E-state index in [0.29, 0.717) is 0 Å². The van der Waals surface area contributed by atoms with Gasteiger partial charge in [-0.2, -0.15) is 0 Å². The highest BCUT2D eigenvalue weighted by atomic mass is 16.2. The Balaban J connectivity index is 0.000000606. The number of amides is 1. The molecular formula is C14H19NO. The molecule has 0 N–H and O–H groups in total. The van der Waals surface area contributed by atoms with Gasteiger partial charge in [-0.1, -0.05) is 50.8 Å². The molecule has 0 bridgehead atoms. The van der Waals surface area contributed by atoms with Gasteiger partial charge in [-0.15, -0.1) is 0 Å². The van der Waals surface area contributed by atoms with E-state index in [4.69, 9.17) is 0 Å². The molecule has 1 aliphatic rings. The van der Waals surface area contributed by atoms with Crippen LogP contribution < -0.4 is 0 Å². The number of hydrogen-bond acceptors (Lipinski definition) is 1. The van der Waals surface area contributed by atoms with Crippen LogP contribution in [-0.4, -0.2) is 17.9 Å². The Hall–Kier alpha value is -1.57. The lowest BCUT2D eigenvalue weighted by Gasteiger charge is -2.10. The zero-order valence-electron chi connectivity index (χ0n) is 10.2. The third-order valence-corrected chi connectivity index (χ3v) is 2.74. The van der Waals surface area contributed by atoms with Crippen molar-refractivity contribution in [3.05, 3.63) is 48.2 Å². The van der Waals surface area contributed by atoms with Gasteiger partial charge in [-0.3, -0.25) is 4.79 Å². The zero-order valence-corrected chi connectivity index (χ0v) is 10.2. The first-order chi connectivity index (χ1) is 7.70. The highest BCUT2D eigenvalue weighted by molar-refractivity contribution is 5.88. The van der Waals surface area contributed by atoms with E-state index in [1.54, 1.807) is 11.9 Å². The first kappa shape index (κ1) is 12.5. The normalized spacial score (nSPS) is 19.4. The molecule has 0 radical (unpaired) electrons. The van der Waals surface area contributed by atoms with Crippen LogP contribution in [0.1, 0.15) is 31.7 Å². The van der Waals surface area contributed by atoms with Crippen LogP contribution in [0.5, 0.6) is 0 Å². The highest BCUT2D eigenvalue weighted by Crippen LogP contribution is 2.32. The number of likely N-dealkylation sites (tertiary alicyclic amines) is 1. The molecule has 1 unspecified atom stereocenters. The number of carbonyl (C=O) groups excluding carboxylic acids is 1. The first-order valence-electron chi connectivity index (χ1n) is 5.70. The van der Waals surface area contributed by atoms with Gasteiger partial charge in [0.1, 0.15) is 0 Å². The molecule has 16 heavy (non-hydrogen) atoms. The second-order valence-electron chi connectivity index (χ2n) is 3.63. The molecule has 86 valence electrons. The number of hydrogen-bond donors (Lipinski definition) is 0. The molecule has 2 heteroatoms. The first-order valence-corrected chi connectivity index (χ1v) is 5.70. The van der Waals surface area contributed by atoms with Gasteiger partial charge < -0.3 is 4.90 Å². The summed E-state index contributed by atoms with van der Waals surface area (Å²) < 4.78 is 0. The predicted molar refractivity (Wildman–Crippen MR) is 67.1 cm³/mol. The topological polar surface area (TPSA) is 20.3 Å². The van der Waals surface area contributed by atoms with Gasteiger partial charge in [-0.05, 0) is 5.56 Å². The SMILES string of the molecule is C=C1CC(c2ccccc2)C(=O)N1C.CC. The van der Waals surface area contributed by atoms with Crippen molar-refractivity contribution in [3.63, 3.8) is 0 Å². The van der Waals surface area contributed by atoms with Gasteiger partial charge in [0.25, 0.3) is 0 Å². The van der Waals surface area contributed by atoms with E-state index in [-0.39, 0.29) is 11.8 Å². The van der Waals surface area contributed by atoms with Gasteiger partial charge >= 0.3 is 0 Å². The molecule has 0 aliphatic carbocycles. The van der Waals surface area contributed by atoms with E-state index >= 15 is 0 Å². The van der Waals surface area contributed by atoms with Crippen molar-refractivity contribution < 1.29 is 4.79 Å². The number of rotatable bonds is 1. The summed E-state index contributed by atoms with van der Waals surface area (Å²) >= 11 is 0. The van der Waals surface area contributed by atoms with Gasteiger partial charge in [0.2, 0.25) is 5.91 Å². The Kier molecular flexibility index (Phi) is 4.29. The minimum atomic E-state index is -0.0197. The summed E-state index contributed by atoms with van der Waals surface area (Å²) in [7, 11) is 1.79. The molecule has 1 atom stereocenters. The molecule has 0 aromatic heterocycles. The Labute approximate surface area is 97.6 Å². The fraction of sp³-hybridized carbons (Fsp3) is 0.357. The van der Waals surface area contributed by atoms with Gasteiger partial charge in [0.05, 0.1) is 5.92 Å². The summed E-state index contributed by atoms with van der Waals surface area (Å²) in [5, 5.41) is 0. The summed E-state index contributed by atoms with van der Waals surface area (Å²) in [5.74, 6) is 0.134. The summed E-state index contributed by atoms with van der Waals surface area (Å²) in [6.45, 7) is 7.87. The zero-order chi connectivity index (χ0) is 12.1. The number of allylic oxidation sites excluding steroid dienone is 1. The lowest BCUT2D eigenvalue weighted by Crippen LogP contribution is -2.20. The Morgan fingerprint density at radius 1 is 1.25 bits per heavy atom. The maximum absolute atomic E-state index is 11.8. The number of likely N-dealkylation sites (N-methyl/N-ethyl adjacent to an activating group) is 1. The molecule has 1 aliphatic heterocycles. The molecular weight excluding hydrogens is 198 g/mol. The Morgan fingerprint density at radius 3 is 2.25 bits per heavy atom. The van der Waals surface area contributed by atoms with Crippen LogP contribution in [0.4, 0.5) is 0 Å². The standard InChI is InChI=1S/C12H13NO.C2H6/c1-9-8-11(12(14)13(9)2)10-6-4-3-5-7-10;1-2/h3-7,11H,1,8H2,2H3;1-2H3. The number of carbonyl (C=O) groups is 1. The third kappa shape index (κ3) is 2.32. The van der Waals surface area contributed by atoms with Crippen LogP contribution in [0.2, 0.25) is 0 Å². The summed E-state index contributed by atoms with van der Waals surface area (Å²) in [6.07, 6.45) is 0.749. The van der Waals surface area contributed by atoms with Crippen molar-refractivity contribution in [2.24, 2.45) is 0 Å². The predicted octanol–water partition coefficient (Wildman–Crippen LogP) is 3.17. The fourth-order valence-electron chi connectivity index (χ4n) is 1.80. The monoisotopic (exact) mass is 217 g/mol. The average molecular weight is 217 g/mol. The maximum Gasteiger partial charge on any atom is 0.234 e. The van der Waals surface area contributed by atoms with Crippen LogP contribution in [0.15, 0.2) is 42.6 Å². The number of nitrogens with zero attached hydrogens (tertiary/aromatic N) is 1. The van der Waals surface area contributed by atoms with E-state index in [2.05, 4.69) is 6.58 Å². The maximum atomic E-state index is 11.8. The summed E-state index contributed by atoms with van der Waals surface area (Å²) in [4.78, 5) is 13.4. The molecule has 1 aromatic carbocycles. The van der Waals surface area contributed by atoms with Crippen molar-refractivity contribution in [2.45, 2.75) is 26.2 Å². The van der Waals surface area contributed by atoms with E-state index in [9.17, 15) is 4.79 Å². The molecule has 1 heterocycles. The summed E-state index contributed by atoms with van der Waals surface area (Å²) in [6, 6.07) is 9.87. The van der Waals surface area contributed by atoms with Crippen molar-refractivity contribution in [3.8, 4) is 0 Å². The number of benzene rings is 1. The molecule has 1 aromatic rings. The molecule has 1 saturated heterocycles. The smallest absolute Gasteiger partial charge is 0.234 e. The van der Waals surface area contributed by atoms with Crippen molar-refractivity contribution in [2.75, 3.05) is 7.05 Å². The van der Waals surface area contributed by atoms with Crippen LogP contribution in [0, 0.1) is 0 Å². The second kappa shape index (κ2) is 5.50. The quantitative estimate of drug-likeness (QED) is 0.707. The largest absolute Gasteiger partial charge is 0.319 e. The van der Waals surface area contributed by atoms with Crippen molar-refractivity contribution in [1.29, 1.82) is 0 Å². The van der Waals surface area contributed by atoms with E-state index in [1.165, 1.54) is 0 Å².